The summed E-state index contributed by atoms with van der Waals surface area (Å²) in [5, 5.41) is 11.2. The van der Waals surface area contributed by atoms with Gasteiger partial charge in [0.1, 0.15) is 0 Å². The molecule has 2 aromatic carbocycles. The lowest BCUT2D eigenvalue weighted by Gasteiger charge is -2.06. The number of carbonyl (C=O) groups excluding carboxylic acids is 2. The summed E-state index contributed by atoms with van der Waals surface area (Å²) in [6.07, 6.45) is 0.0867. The van der Waals surface area contributed by atoms with Gasteiger partial charge >= 0.3 is 0 Å². The Morgan fingerprint density at radius 2 is 1.60 bits per heavy atom. The van der Waals surface area contributed by atoms with E-state index in [4.69, 9.17) is 5.21 Å². The van der Waals surface area contributed by atoms with Crippen molar-refractivity contribution in [2.24, 2.45) is 0 Å². The predicted octanol–water partition coefficient (Wildman–Crippen LogP) is 1.99. The minimum atomic E-state index is -0.480. The van der Waals surface area contributed by atoms with Crippen molar-refractivity contribution in [2.45, 2.75) is 6.42 Å². The number of nitrogens with one attached hydrogen (secondary N) is 2. The van der Waals surface area contributed by atoms with E-state index in [9.17, 15) is 9.59 Å². The third-order valence-electron chi connectivity index (χ3n) is 2.74. The Bertz CT molecular complexity index is 594. The van der Waals surface area contributed by atoms with E-state index in [-0.39, 0.29) is 12.3 Å². The highest BCUT2D eigenvalue weighted by Crippen LogP contribution is 2.11. The third-order valence-corrected chi connectivity index (χ3v) is 2.74. The molecule has 20 heavy (non-hydrogen) atoms. The van der Waals surface area contributed by atoms with Crippen molar-refractivity contribution in [1.29, 1.82) is 0 Å². The van der Waals surface area contributed by atoms with Crippen LogP contribution in [0.3, 0.4) is 0 Å². The minimum Gasteiger partial charge on any atom is -0.322 e. The van der Waals surface area contributed by atoms with Gasteiger partial charge in [0.05, 0.1) is 6.42 Å². The molecule has 0 atom stereocenters. The van der Waals surface area contributed by atoms with Crippen LogP contribution in [0.5, 0.6) is 0 Å². The van der Waals surface area contributed by atoms with E-state index in [0.717, 1.165) is 5.56 Å². The van der Waals surface area contributed by atoms with Gasteiger partial charge in [-0.25, -0.2) is 5.48 Å². The molecule has 0 aromatic heterocycles. The van der Waals surface area contributed by atoms with Crippen LogP contribution in [0.4, 0.5) is 5.69 Å². The lowest BCUT2D eigenvalue weighted by atomic mass is 10.1. The van der Waals surface area contributed by atoms with Crippen molar-refractivity contribution in [3.05, 3.63) is 65.7 Å². The van der Waals surface area contributed by atoms with Gasteiger partial charge in [0.15, 0.2) is 0 Å². The molecule has 2 amide bonds. The zero-order chi connectivity index (χ0) is 14.4. The molecule has 0 radical (unpaired) electrons. The van der Waals surface area contributed by atoms with Crippen LogP contribution < -0.4 is 10.8 Å². The van der Waals surface area contributed by atoms with Crippen LogP contribution in [0.25, 0.3) is 0 Å². The zero-order valence-corrected chi connectivity index (χ0v) is 10.7. The fraction of sp³-hybridized carbons (Fsp3) is 0.0667. The van der Waals surface area contributed by atoms with E-state index in [2.05, 4.69) is 5.32 Å². The summed E-state index contributed by atoms with van der Waals surface area (Å²) in [6.45, 7) is 0. The average molecular weight is 270 g/mol. The Morgan fingerprint density at radius 1 is 0.950 bits per heavy atom. The summed E-state index contributed by atoms with van der Waals surface area (Å²) in [5.41, 5.74) is 3.54. The highest BCUT2D eigenvalue weighted by molar-refractivity contribution is 6.04. The first-order valence-electron chi connectivity index (χ1n) is 6.07. The summed E-state index contributed by atoms with van der Waals surface area (Å²) < 4.78 is 0. The molecule has 0 saturated carbocycles. The number of carbonyl (C=O) groups is 2. The predicted molar refractivity (Wildman–Crippen MR) is 74.5 cm³/mol. The Balaban J connectivity index is 2.00. The van der Waals surface area contributed by atoms with Gasteiger partial charge < -0.3 is 5.32 Å². The Morgan fingerprint density at radius 3 is 2.20 bits per heavy atom. The average Bonchev–Trinajstić information content (AvgIpc) is 2.50. The number of benzene rings is 2. The van der Waals surface area contributed by atoms with E-state index in [0.29, 0.717) is 11.3 Å². The van der Waals surface area contributed by atoms with Gasteiger partial charge in [0, 0.05) is 11.3 Å². The summed E-state index contributed by atoms with van der Waals surface area (Å²) >= 11 is 0. The number of hydroxylamine groups is 1. The van der Waals surface area contributed by atoms with Gasteiger partial charge in [0.2, 0.25) is 5.91 Å². The summed E-state index contributed by atoms with van der Waals surface area (Å²) in [6, 6.07) is 15.8. The maximum atomic E-state index is 11.9. The van der Waals surface area contributed by atoms with Crippen LogP contribution in [0.2, 0.25) is 0 Å². The van der Waals surface area contributed by atoms with Crippen LogP contribution in [0, 0.1) is 0 Å². The largest absolute Gasteiger partial charge is 0.322 e. The number of hydrogen-bond donors (Lipinski definition) is 3. The molecule has 5 heteroatoms. The Hall–Kier alpha value is -2.66. The van der Waals surface area contributed by atoms with Crippen LogP contribution in [0.1, 0.15) is 15.9 Å². The second-order valence-electron chi connectivity index (χ2n) is 4.23. The molecule has 102 valence electrons. The van der Waals surface area contributed by atoms with E-state index in [1.165, 1.54) is 0 Å². The lowest BCUT2D eigenvalue weighted by Crippen LogP contribution is -2.20. The first kappa shape index (κ1) is 13.8. The van der Waals surface area contributed by atoms with Crippen LogP contribution in [-0.2, 0) is 11.2 Å². The van der Waals surface area contributed by atoms with Crippen molar-refractivity contribution < 1.29 is 14.8 Å². The molecule has 0 spiro atoms. The SMILES string of the molecule is O=C(Cc1ccc(NC(=O)c2ccccc2)cc1)NO. The molecule has 0 bridgehead atoms. The summed E-state index contributed by atoms with van der Waals surface area (Å²) in [4.78, 5) is 22.9. The standard InChI is InChI=1S/C15H14N2O3/c18-14(17-20)10-11-6-8-13(9-7-11)16-15(19)12-4-2-1-3-5-12/h1-9,20H,10H2,(H,16,19)(H,17,18). The fourth-order valence-corrected chi connectivity index (χ4v) is 1.72. The van der Waals surface area contributed by atoms with E-state index >= 15 is 0 Å². The molecule has 3 N–H and O–H groups in total. The zero-order valence-electron chi connectivity index (χ0n) is 10.7. The Kier molecular flexibility index (Phi) is 4.47. The van der Waals surface area contributed by atoms with E-state index in [1.54, 1.807) is 54.0 Å². The number of amides is 2. The molecule has 5 nitrogen and oxygen atoms in total. The summed E-state index contributed by atoms with van der Waals surface area (Å²) in [5.74, 6) is -0.669. The molecule has 0 unspecified atom stereocenters. The third kappa shape index (κ3) is 3.66. The second kappa shape index (κ2) is 6.49. The Labute approximate surface area is 116 Å². The quantitative estimate of drug-likeness (QED) is 0.587. The lowest BCUT2D eigenvalue weighted by molar-refractivity contribution is -0.128. The van der Waals surface area contributed by atoms with Gasteiger partial charge in [-0.05, 0) is 29.8 Å². The molecule has 0 heterocycles. The van der Waals surface area contributed by atoms with Gasteiger partial charge in [0.25, 0.3) is 5.91 Å². The monoisotopic (exact) mass is 270 g/mol. The molecular weight excluding hydrogens is 256 g/mol. The molecule has 0 fully saturated rings. The summed E-state index contributed by atoms with van der Waals surface area (Å²) in [7, 11) is 0. The molecule has 0 aliphatic carbocycles. The van der Waals surface area contributed by atoms with Crippen molar-refractivity contribution in [2.75, 3.05) is 5.32 Å². The molecule has 0 aliphatic heterocycles. The molecule has 2 aromatic rings. The fourth-order valence-electron chi connectivity index (χ4n) is 1.72. The number of rotatable bonds is 4. The highest BCUT2D eigenvalue weighted by atomic mass is 16.5. The van der Waals surface area contributed by atoms with Gasteiger partial charge in [-0.2, -0.15) is 0 Å². The second-order valence-corrected chi connectivity index (χ2v) is 4.23. The van der Waals surface area contributed by atoms with Gasteiger partial charge in [-0.3, -0.25) is 14.8 Å². The van der Waals surface area contributed by atoms with E-state index < -0.39 is 5.91 Å². The minimum absolute atomic E-state index is 0.0867. The van der Waals surface area contributed by atoms with E-state index in [1.807, 2.05) is 6.07 Å². The van der Waals surface area contributed by atoms with Crippen molar-refractivity contribution in [3.63, 3.8) is 0 Å². The number of anilines is 1. The van der Waals surface area contributed by atoms with Crippen LogP contribution in [-0.4, -0.2) is 17.0 Å². The molecule has 0 saturated heterocycles. The topological polar surface area (TPSA) is 78.4 Å². The molecule has 2 rings (SSSR count). The van der Waals surface area contributed by atoms with Gasteiger partial charge in [-0.1, -0.05) is 30.3 Å². The van der Waals surface area contributed by atoms with Crippen LogP contribution >= 0.6 is 0 Å². The first-order chi connectivity index (χ1) is 9.69. The molecule has 0 aliphatic rings. The number of hydrogen-bond acceptors (Lipinski definition) is 3. The maximum absolute atomic E-state index is 11.9. The smallest absolute Gasteiger partial charge is 0.255 e. The normalized spacial score (nSPS) is 9.85. The first-order valence-corrected chi connectivity index (χ1v) is 6.07. The maximum Gasteiger partial charge on any atom is 0.255 e. The molecular formula is C15H14N2O3. The van der Waals surface area contributed by atoms with Crippen molar-refractivity contribution in [3.8, 4) is 0 Å². The van der Waals surface area contributed by atoms with Crippen LogP contribution in [0.15, 0.2) is 54.6 Å². The van der Waals surface area contributed by atoms with Crippen molar-refractivity contribution in [1.82, 2.24) is 5.48 Å². The highest BCUT2D eigenvalue weighted by Gasteiger charge is 2.06. The van der Waals surface area contributed by atoms with Crippen molar-refractivity contribution >= 4 is 17.5 Å². The van der Waals surface area contributed by atoms with Gasteiger partial charge in [-0.15, -0.1) is 0 Å².